The molecule has 3 heterocycles. The van der Waals surface area contributed by atoms with E-state index in [9.17, 15) is 4.79 Å². The highest BCUT2D eigenvalue weighted by atomic mass is 16.5. The van der Waals surface area contributed by atoms with Gasteiger partial charge in [-0.2, -0.15) is 9.61 Å². The van der Waals surface area contributed by atoms with Gasteiger partial charge in [-0.25, -0.2) is 4.98 Å². The summed E-state index contributed by atoms with van der Waals surface area (Å²) in [6, 6.07) is 9.81. The predicted molar refractivity (Wildman–Crippen MR) is 105 cm³/mol. The summed E-state index contributed by atoms with van der Waals surface area (Å²) in [4.78, 5) is 19.3. The number of benzene rings is 1. The molecule has 0 saturated heterocycles. The molecule has 1 aromatic carbocycles. The van der Waals surface area contributed by atoms with Crippen LogP contribution in [0.5, 0.6) is 0 Å². The summed E-state index contributed by atoms with van der Waals surface area (Å²) < 4.78 is 8.44. The zero-order valence-electron chi connectivity index (χ0n) is 16.0. The molecule has 9 nitrogen and oxygen atoms in total. The Morgan fingerprint density at radius 1 is 1.11 bits per heavy atom. The topological polar surface area (TPSA) is 90.4 Å². The SMILES string of the molecule is COCc1nn2c(nnc3c(=O)n(CCN(C)C)cnc32)c1-c1ccccc1. The third-order valence-corrected chi connectivity index (χ3v) is 4.51. The Bertz CT molecular complexity index is 1180. The monoisotopic (exact) mass is 379 g/mol. The molecule has 0 aliphatic heterocycles. The molecule has 4 rings (SSSR count). The second-order valence-corrected chi connectivity index (χ2v) is 6.77. The lowest BCUT2D eigenvalue weighted by atomic mass is 10.1. The van der Waals surface area contributed by atoms with E-state index in [4.69, 9.17) is 4.74 Å². The lowest BCUT2D eigenvalue weighted by Crippen LogP contribution is -2.28. The van der Waals surface area contributed by atoms with Gasteiger partial charge in [-0.05, 0) is 19.7 Å². The zero-order valence-corrected chi connectivity index (χ0v) is 16.0. The highest BCUT2D eigenvalue weighted by Crippen LogP contribution is 2.28. The maximum atomic E-state index is 12.8. The molecule has 0 radical (unpaired) electrons. The van der Waals surface area contributed by atoms with Gasteiger partial charge in [-0.1, -0.05) is 30.3 Å². The number of fused-ring (bicyclic) bond motifs is 3. The largest absolute Gasteiger partial charge is 0.378 e. The molecule has 144 valence electrons. The van der Waals surface area contributed by atoms with E-state index in [-0.39, 0.29) is 11.1 Å². The number of rotatable bonds is 6. The Labute approximate surface area is 161 Å². The van der Waals surface area contributed by atoms with E-state index in [2.05, 4.69) is 20.3 Å². The molecular weight excluding hydrogens is 358 g/mol. The predicted octanol–water partition coefficient (Wildman–Crippen LogP) is 1.21. The number of aromatic nitrogens is 6. The summed E-state index contributed by atoms with van der Waals surface area (Å²) in [5.74, 6) is 0. The first kappa shape index (κ1) is 18.2. The molecule has 0 aliphatic carbocycles. The van der Waals surface area contributed by atoms with Gasteiger partial charge in [-0.15, -0.1) is 10.2 Å². The van der Waals surface area contributed by atoms with Crippen LogP contribution in [0.3, 0.4) is 0 Å². The quantitative estimate of drug-likeness (QED) is 0.497. The van der Waals surface area contributed by atoms with Crippen LogP contribution in [-0.4, -0.2) is 62.0 Å². The molecule has 0 saturated carbocycles. The Morgan fingerprint density at radius 2 is 1.89 bits per heavy atom. The van der Waals surface area contributed by atoms with Gasteiger partial charge in [0.15, 0.2) is 16.8 Å². The average Bonchev–Trinajstić information content (AvgIpc) is 3.06. The van der Waals surface area contributed by atoms with Crippen molar-refractivity contribution in [3.05, 3.63) is 52.7 Å². The van der Waals surface area contributed by atoms with Crippen molar-refractivity contribution < 1.29 is 4.74 Å². The molecule has 3 aromatic heterocycles. The normalized spacial score (nSPS) is 11.7. The van der Waals surface area contributed by atoms with Gasteiger partial charge in [0.2, 0.25) is 0 Å². The molecule has 0 atom stereocenters. The van der Waals surface area contributed by atoms with Crippen LogP contribution < -0.4 is 5.56 Å². The summed E-state index contributed by atoms with van der Waals surface area (Å²) >= 11 is 0. The van der Waals surface area contributed by atoms with Crippen molar-refractivity contribution in [1.82, 2.24) is 34.3 Å². The Hall–Kier alpha value is -3.17. The first-order valence-electron chi connectivity index (χ1n) is 8.92. The van der Waals surface area contributed by atoms with Crippen LogP contribution in [0.1, 0.15) is 5.69 Å². The van der Waals surface area contributed by atoms with Gasteiger partial charge in [0, 0.05) is 20.2 Å². The maximum Gasteiger partial charge on any atom is 0.283 e. The molecule has 4 aromatic rings. The summed E-state index contributed by atoms with van der Waals surface area (Å²) in [6.45, 7) is 1.56. The lowest BCUT2D eigenvalue weighted by molar-refractivity contribution is 0.181. The highest BCUT2D eigenvalue weighted by Gasteiger charge is 2.20. The zero-order chi connectivity index (χ0) is 19.7. The summed E-state index contributed by atoms with van der Waals surface area (Å²) in [7, 11) is 5.52. The second-order valence-electron chi connectivity index (χ2n) is 6.77. The van der Waals surface area contributed by atoms with Crippen LogP contribution in [0.15, 0.2) is 41.5 Å². The first-order valence-corrected chi connectivity index (χ1v) is 8.92. The van der Waals surface area contributed by atoms with Gasteiger partial charge < -0.3 is 9.64 Å². The summed E-state index contributed by atoms with van der Waals surface area (Å²) in [5, 5.41) is 13.1. The maximum absolute atomic E-state index is 12.8. The molecule has 28 heavy (non-hydrogen) atoms. The fraction of sp³-hybridized carbons (Fsp3) is 0.316. The molecular formula is C19H21N7O2. The van der Waals surface area contributed by atoms with E-state index in [0.717, 1.165) is 17.7 Å². The van der Waals surface area contributed by atoms with Crippen molar-refractivity contribution in [2.24, 2.45) is 0 Å². The van der Waals surface area contributed by atoms with E-state index in [1.165, 1.54) is 6.33 Å². The van der Waals surface area contributed by atoms with Crippen LogP contribution in [0, 0.1) is 0 Å². The van der Waals surface area contributed by atoms with Crippen LogP contribution in [0.4, 0.5) is 0 Å². The van der Waals surface area contributed by atoms with E-state index >= 15 is 0 Å². The highest BCUT2D eigenvalue weighted by molar-refractivity contribution is 5.83. The minimum Gasteiger partial charge on any atom is -0.378 e. The van der Waals surface area contributed by atoms with Crippen LogP contribution in [-0.2, 0) is 17.9 Å². The summed E-state index contributed by atoms with van der Waals surface area (Å²) in [6.07, 6.45) is 1.54. The number of hydrogen-bond acceptors (Lipinski definition) is 7. The molecule has 0 fully saturated rings. The molecule has 0 bridgehead atoms. The minimum atomic E-state index is -0.230. The third kappa shape index (κ3) is 3.14. The van der Waals surface area contributed by atoms with Crippen LogP contribution >= 0.6 is 0 Å². The van der Waals surface area contributed by atoms with Crippen LogP contribution in [0.25, 0.3) is 27.9 Å². The molecule has 0 spiro atoms. The molecule has 0 amide bonds. The molecule has 0 N–H and O–H groups in total. The number of likely N-dealkylation sites (N-methyl/N-ethyl adjacent to an activating group) is 1. The van der Waals surface area contributed by atoms with Crippen molar-refractivity contribution in [3.63, 3.8) is 0 Å². The van der Waals surface area contributed by atoms with Crippen molar-refractivity contribution in [2.45, 2.75) is 13.2 Å². The molecule has 0 unspecified atom stereocenters. The van der Waals surface area contributed by atoms with E-state index in [1.54, 1.807) is 16.2 Å². The third-order valence-electron chi connectivity index (χ3n) is 4.51. The first-order chi connectivity index (χ1) is 13.6. The Kier molecular flexibility index (Phi) is 4.84. The fourth-order valence-corrected chi connectivity index (χ4v) is 3.11. The van der Waals surface area contributed by atoms with E-state index < -0.39 is 0 Å². The van der Waals surface area contributed by atoms with Gasteiger partial charge in [0.05, 0.1) is 17.9 Å². The van der Waals surface area contributed by atoms with Crippen LogP contribution in [0.2, 0.25) is 0 Å². The second kappa shape index (κ2) is 7.45. The minimum absolute atomic E-state index is 0.194. The average molecular weight is 379 g/mol. The van der Waals surface area contributed by atoms with Crippen molar-refractivity contribution in [1.29, 1.82) is 0 Å². The number of methoxy groups -OCH3 is 1. The van der Waals surface area contributed by atoms with E-state index in [1.807, 2.05) is 49.3 Å². The summed E-state index contributed by atoms with van der Waals surface area (Å²) in [5.41, 5.74) is 3.40. The smallest absolute Gasteiger partial charge is 0.283 e. The van der Waals surface area contributed by atoms with Gasteiger partial charge in [-0.3, -0.25) is 9.36 Å². The van der Waals surface area contributed by atoms with Gasteiger partial charge in [0.1, 0.15) is 6.33 Å². The van der Waals surface area contributed by atoms with E-state index in [0.29, 0.717) is 30.1 Å². The Balaban J connectivity index is 1.93. The Morgan fingerprint density at radius 3 is 2.61 bits per heavy atom. The molecule has 0 aliphatic rings. The van der Waals surface area contributed by atoms with Crippen molar-refractivity contribution in [2.75, 3.05) is 27.7 Å². The van der Waals surface area contributed by atoms with Crippen molar-refractivity contribution in [3.8, 4) is 11.1 Å². The number of ether oxygens (including phenoxy) is 1. The lowest BCUT2D eigenvalue weighted by Gasteiger charge is -2.11. The van der Waals surface area contributed by atoms with Gasteiger partial charge >= 0.3 is 0 Å². The van der Waals surface area contributed by atoms with Crippen molar-refractivity contribution >= 4 is 16.8 Å². The standard InChI is InChI=1S/C19H21N7O2/c1-24(2)9-10-25-12-20-18-16(19(25)27)21-22-17-15(13-7-5-4-6-8-13)14(11-28-3)23-26(17)18/h4-8,12H,9-11H2,1-3H3. The number of hydrogen-bond donors (Lipinski definition) is 0. The van der Waals surface area contributed by atoms with Gasteiger partial charge in [0.25, 0.3) is 5.56 Å². The number of nitrogens with zero attached hydrogens (tertiary/aromatic N) is 7. The fourth-order valence-electron chi connectivity index (χ4n) is 3.11. The molecule has 9 heteroatoms.